The van der Waals surface area contributed by atoms with E-state index < -0.39 is 0 Å². The molecule has 1 fully saturated rings. The number of aryl methyl sites for hydroxylation is 1. The Balaban J connectivity index is 1.63. The van der Waals surface area contributed by atoms with Crippen LogP contribution in [-0.2, 0) is 4.74 Å². The molecule has 1 saturated carbocycles. The first-order chi connectivity index (χ1) is 9.16. The molecule has 0 aromatic heterocycles. The minimum atomic E-state index is -0.106. The summed E-state index contributed by atoms with van der Waals surface area (Å²) in [4.78, 5) is 11.8. The molecule has 1 amide bonds. The van der Waals surface area contributed by atoms with Gasteiger partial charge in [-0.2, -0.15) is 0 Å². The molecule has 0 atom stereocenters. The summed E-state index contributed by atoms with van der Waals surface area (Å²) in [6, 6.07) is 4.86. The van der Waals surface area contributed by atoms with Crippen molar-refractivity contribution in [2.75, 3.05) is 19.8 Å². The Morgan fingerprint density at radius 3 is 2.95 bits per heavy atom. The zero-order valence-electron chi connectivity index (χ0n) is 11.3. The number of amides is 1. The van der Waals surface area contributed by atoms with Gasteiger partial charge in [-0.15, -0.1) is 0 Å². The van der Waals surface area contributed by atoms with Crippen molar-refractivity contribution < 1.29 is 14.6 Å². The van der Waals surface area contributed by atoms with Gasteiger partial charge in [-0.05, 0) is 55.9 Å². The first-order valence-electron chi connectivity index (χ1n) is 6.82. The predicted octanol–water partition coefficient (Wildman–Crippen LogP) is 2.25. The van der Waals surface area contributed by atoms with Crippen LogP contribution in [0, 0.1) is 12.8 Å². The fraction of sp³-hybridized carbons (Fsp3) is 0.533. The van der Waals surface area contributed by atoms with Crippen LogP contribution >= 0.6 is 0 Å². The molecule has 104 valence electrons. The molecule has 2 N–H and O–H groups in total. The zero-order chi connectivity index (χ0) is 13.7. The number of benzene rings is 1. The predicted molar refractivity (Wildman–Crippen MR) is 73.3 cm³/mol. The third-order valence-electron chi connectivity index (χ3n) is 3.26. The number of rotatable bonds is 7. The van der Waals surface area contributed by atoms with Gasteiger partial charge < -0.3 is 15.2 Å². The second-order valence-electron chi connectivity index (χ2n) is 5.13. The number of phenols is 1. The highest BCUT2D eigenvalue weighted by Crippen LogP contribution is 2.28. The summed E-state index contributed by atoms with van der Waals surface area (Å²) in [5.41, 5.74) is 1.29. The standard InChI is InChI=1S/C15H21NO3/c1-11-9-13(5-6-14(11)17)15(18)16-7-2-8-19-10-12-3-4-12/h5-6,9,12,17H,2-4,7-8,10H2,1H3,(H,16,18). The summed E-state index contributed by atoms with van der Waals surface area (Å²) in [6.45, 7) is 3.96. The monoisotopic (exact) mass is 263 g/mol. The molecule has 0 bridgehead atoms. The molecule has 2 rings (SSSR count). The largest absolute Gasteiger partial charge is 0.508 e. The SMILES string of the molecule is Cc1cc(C(=O)NCCCOCC2CC2)ccc1O. The Hall–Kier alpha value is -1.55. The van der Waals surface area contributed by atoms with Crippen LogP contribution in [0.1, 0.15) is 35.2 Å². The van der Waals surface area contributed by atoms with E-state index in [1.165, 1.54) is 12.8 Å². The first kappa shape index (κ1) is 13.9. The van der Waals surface area contributed by atoms with E-state index in [1.54, 1.807) is 25.1 Å². The summed E-state index contributed by atoms with van der Waals surface area (Å²) < 4.78 is 5.50. The maximum Gasteiger partial charge on any atom is 0.251 e. The van der Waals surface area contributed by atoms with Gasteiger partial charge in [0, 0.05) is 25.3 Å². The minimum Gasteiger partial charge on any atom is -0.508 e. The van der Waals surface area contributed by atoms with Gasteiger partial charge in [-0.25, -0.2) is 0 Å². The topological polar surface area (TPSA) is 58.6 Å². The highest BCUT2D eigenvalue weighted by Gasteiger charge is 2.20. The van der Waals surface area contributed by atoms with Gasteiger partial charge in [-0.1, -0.05) is 0 Å². The van der Waals surface area contributed by atoms with Crippen molar-refractivity contribution in [1.82, 2.24) is 5.32 Å². The summed E-state index contributed by atoms with van der Waals surface area (Å²) in [5.74, 6) is 0.893. The normalized spacial score (nSPS) is 14.4. The third-order valence-corrected chi connectivity index (χ3v) is 3.26. The molecule has 0 aliphatic heterocycles. The van der Waals surface area contributed by atoms with E-state index in [0.717, 1.165) is 18.9 Å². The lowest BCUT2D eigenvalue weighted by molar-refractivity contribution is 0.0937. The molecular formula is C15H21NO3. The van der Waals surface area contributed by atoms with Crippen LogP contribution in [0.5, 0.6) is 5.75 Å². The molecule has 0 radical (unpaired) electrons. The molecule has 19 heavy (non-hydrogen) atoms. The summed E-state index contributed by atoms with van der Waals surface area (Å²) >= 11 is 0. The number of phenolic OH excluding ortho intramolecular Hbond substituents is 1. The maximum absolute atomic E-state index is 11.8. The molecular weight excluding hydrogens is 242 g/mol. The van der Waals surface area contributed by atoms with E-state index in [4.69, 9.17) is 4.74 Å². The van der Waals surface area contributed by atoms with Crippen molar-refractivity contribution in [3.63, 3.8) is 0 Å². The van der Waals surface area contributed by atoms with Gasteiger partial charge >= 0.3 is 0 Å². The number of ether oxygens (including phenoxy) is 1. The average molecular weight is 263 g/mol. The second kappa shape index (κ2) is 6.57. The average Bonchev–Trinajstić information content (AvgIpc) is 3.20. The fourth-order valence-electron chi connectivity index (χ4n) is 1.81. The molecule has 4 heteroatoms. The fourth-order valence-corrected chi connectivity index (χ4v) is 1.81. The van der Waals surface area contributed by atoms with Crippen LogP contribution in [0.2, 0.25) is 0 Å². The Bertz CT molecular complexity index is 441. The highest BCUT2D eigenvalue weighted by atomic mass is 16.5. The molecule has 0 saturated heterocycles. The van der Waals surface area contributed by atoms with Crippen molar-refractivity contribution >= 4 is 5.91 Å². The van der Waals surface area contributed by atoms with Crippen LogP contribution in [0.15, 0.2) is 18.2 Å². The Morgan fingerprint density at radius 2 is 2.26 bits per heavy atom. The lowest BCUT2D eigenvalue weighted by Gasteiger charge is -2.07. The molecule has 1 aromatic carbocycles. The molecule has 1 aliphatic rings. The van der Waals surface area contributed by atoms with Crippen LogP contribution < -0.4 is 5.32 Å². The molecule has 0 unspecified atom stereocenters. The van der Waals surface area contributed by atoms with Crippen molar-refractivity contribution in [2.45, 2.75) is 26.2 Å². The van der Waals surface area contributed by atoms with E-state index in [9.17, 15) is 9.90 Å². The van der Waals surface area contributed by atoms with Gasteiger partial charge in [-0.3, -0.25) is 4.79 Å². The van der Waals surface area contributed by atoms with E-state index in [0.29, 0.717) is 24.3 Å². The summed E-state index contributed by atoms with van der Waals surface area (Å²) in [7, 11) is 0. The number of carbonyl (C=O) groups excluding carboxylic acids is 1. The van der Waals surface area contributed by atoms with E-state index in [-0.39, 0.29) is 11.7 Å². The highest BCUT2D eigenvalue weighted by molar-refractivity contribution is 5.94. The molecule has 0 heterocycles. The van der Waals surface area contributed by atoms with Gasteiger partial charge in [0.2, 0.25) is 0 Å². The number of carbonyl (C=O) groups is 1. The Morgan fingerprint density at radius 1 is 1.47 bits per heavy atom. The van der Waals surface area contributed by atoms with Crippen LogP contribution in [-0.4, -0.2) is 30.8 Å². The maximum atomic E-state index is 11.8. The van der Waals surface area contributed by atoms with Gasteiger partial charge in [0.1, 0.15) is 5.75 Å². The molecule has 4 nitrogen and oxygen atoms in total. The second-order valence-corrected chi connectivity index (χ2v) is 5.13. The zero-order valence-corrected chi connectivity index (χ0v) is 11.3. The first-order valence-corrected chi connectivity index (χ1v) is 6.82. The summed E-state index contributed by atoms with van der Waals surface area (Å²) in [5, 5.41) is 12.2. The van der Waals surface area contributed by atoms with Gasteiger partial charge in [0.15, 0.2) is 0 Å². The van der Waals surface area contributed by atoms with Crippen molar-refractivity contribution in [2.24, 2.45) is 5.92 Å². The van der Waals surface area contributed by atoms with Gasteiger partial charge in [0.25, 0.3) is 5.91 Å². The minimum absolute atomic E-state index is 0.106. The lowest BCUT2D eigenvalue weighted by Crippen LogP contribution is -2.25. The van der Waals surface area contributed by atoms with Crippen LogP contribution in [0.4, 0.5) is 0 Å². The summed E-state index contributed by atoms with van der Waals surface area (Å²) in [6.07, 6.45) is 3.43. The quantitative estimate of drug-likeness (QED) is 0.742. The van der Waals surface area contributed by atoms with Crippen LogP contribution in [0.3, 0.4) is 0 Å². The number of aromatic hydroxyl groups is 1. The Labute approximate surface area is 113 Å². The van der Waals surface area contributed by atoms with E-state index >= 15 is 0 Å². The van der Waals surface area contributed by atoms with E-state index in [1.807, 2.05) is 0 Å². The van der Waals surface area contributed by atoms with Gasteiger partial charge in [0.05, 0.1) is 0 Å². The smallest absolute Gasteiger partial charge is 0.251 e. The molecule has 1 aliphatic carbocycles. The third kappa shape index (κ3) is 4.56. The van der Waals surface area contributed by atoms with E-state index in [2.05, 4.69) is 5.32 Å². The lowest BCUT2D eigenvalue weighted by atomic mass is 10.1. The number of hydrogen-bond donors (Lipinski definition) is 2. The van der Waals surface area contributed by atoms with Crippen molar-refractivity contribution in [3.8, 4) is 5.75 Å². The van der Waals surface area contributed by atoms with Crippen LogP contribution in [0.25, 0.3) is 0 Å². The van der Waals surface area contributed by atoms with Crippen molar-refractivity contribution in [3.05, 3.63) is 29.3 Å². The Kier molecular flexibility index (Phi) is 4.80. The molecule has 0 spiro atoms. The number of hydrogen-bond acceptors (Lipinski definition) is 3. The molecule has 1 aromatic rings. The number of nitrogens with one attached hydrogen (secondary N) is 1. The van der Waals surface area contributed by atoms with Crippen molar-refractivity contribution in [1.29, 1.82) is 0 Å².